The second kappa shape index (κ2) is 4.94. The van der Waals surface area contributed by atoms with Crippen molar-refractivity contribution in [1.29, 1.82) is 0 Å². The van der Waals surface area contributed by atoms with Crippen LogP contribution in [-0.2, 0) is 12.8 Å². The zero-order valence-corrected chi connectivity index (χ0v) is 9.26. The first-order valence-corrected chi connectivity index (χ1v) is 5.37. The number of benzene rings is 1. The Labute approximate surface area is 86.1 Å². The van der Waals surface area contributed by atoms with E-state index in [0.717, 1.165) is 18.4 Å². The Kier molecular flexibility index (Phi) is 3.87. The molecule has 1 aromatic rings. The van der Waals surface area contributed by atoms with Gasteiger partial charge in [-0.05, 0) is 30.0 Å². The van der Waals surface area contributed by atoms with Crippen LogP contribution in [0.2, 0.25) is 0 Å². The molecule has 0 aliphatic heterocycles. The lowest BCUT2D eigenvalue weighted by atomic mass is 9.98. The molecule has 76 valence electrons. The number of carbonyl (C=O) groups excluding carboxylic acids is 1. The van der Waals surface area contributed by atoms with Crippen LogP contribution in [0.4, 0.5) is 0 Å². The van der Waals surface area contributed by atoms with Crippen LogP contribution in [-0.4, -0.2) is 5.78 Å². The number of rotatable bonds is 4. The lowest BCUT2D eigenvalue weighted by molar-refractivity contribution is 0.0988. The van der Waals surface area contributed by atoms with Crippen molar-refractivity contribution in [1.82, 2.24) is 0 Å². The van der Waals surface area contributed by atoms with E-state index in [1.54, 1.807) is 0 Å². The maximum absolute atomic E-state index is 11.5. The van der Waals surface area contributed by atoms with Gasteiger partial charge in [-0.3, -0.25) is 4.79 Å². The first-order chi connectivity index (χ1) is 6.72. The normalized spacial score (nSPS) is 10.2. The van der Waals surface area contributed by atoms with Crippen molar-refractivity contribution in [3.05, 3.63) is 34.9 Å². The number of aryl methyl sites for hydroxylation is 2. The molecule has 0 N–H and O–H groups in total. The van der Waals surface area contributed by atoms with E-state index in [4.69, 9.17) is 0 Å². The van der Waals surface area contributed by atoms with Crippen LogP contribution < -0.4 is 0 Å². The van der Waals surface area contributed by atoms with Gasteiger partial charge in [0.25, 0.3) is 0 Å². The van der Waals surface area contributed by atoms with Crippen molar-refractivity contribution < 1.29 is 4.79 Å². The van der Waals surface area contributed by atoms with Crippen LogP contribution in [0.5, 0.6) is 0 Å². The minimum atomic E-state index is 0.238. The van der Waals surface area contributed by atoms with E-state index in [9.17, 15) is 4.79 Å². The second-order valence-electron chi connectivity index (χ2n) is 3.47. The van der Waals surface area contributed by atoms with E-state index in [1.807, 2.05) is 19.1 Å². The number of carbonyl (C=O) groups is 1. The highest BCUT2D eigenvalue weighted by Gasteiger charge is 2.05. The molecule has 0 saturated heterocycles. The quantitative estimate of drug-likeness (QED) is 0.665. The van der Waals surface area contributed by atoms with Crippen LogP contribution in [0, 0.1) is 0 Å². The molecule has 1 nitrogen and oxygen atoms in total. The lowest BCUT2D eigenvalue weighted by Gasteiger charge is -2.07. The molecule has 0 aliphatic rings. The highest BCUT2D eigenvalue weighted by molar-refractivity contribution is 5.96. The fourth-order valence-corrected chi connectivity index (χ4v) is 1.68. The van der Waals surface area contributed by atoms with Gasteiger partial charge in [-0.2, -0.15) is 0 Å². The summed E-state index contributed by atoms with van der Waals surface area (Å²) in [7, 11) is 0. The van der Waals surface area contributed by atoms with E-state index in [-0.39, 0.29) is 5.78 Å². The molecular weight excluding hydrogens is 172 g/mol. The summed E-state index contributed by atoms with van der Waals surface area (Å²) in [6.45, 7) is 6.19. The Morgan fingerprint density at radius 1 is 1.07 bits per heavy atom. The molecular formula is C13H18O. The number of Topliss-reactive ketones (excluding diaryl/α,β-unsaturated/α-hetero) is 1. The highest BCUT2D eigenvalue weighted by Crippen LogP contribution is 2.14. The Balaban J connectivity index is 3.07. The van der Waals surface area contributed by atoms with Crippen LogP contribution in [0.3, 0.4) is 0 Å². The van der Waals surface area contributed by atoms with E-state index >= 15 is 0 Å². The van der Waals surface area contributed by atoms with Gasteiger partial charge in [0.2, 0.25) is 0 Å². The molecule has 0 atom stereocenters. The smallest absolute Gasteiger partial charge is 0.162 e. The van der Waals surface area contributed by atoms with Crippen molar-refractivity contribution in [3.8, 4) is 0 Å². The van der Waals surface area contributed by atoms with Crippen molar-refractivity contribution in [2.75, 3.05) is 0 Å². The van der Waals surface area contributed by atoms with Crippen LogP contribution in [0.25, 0.3) is 0 Å². The molecule has 0 fully saturated rings. The third kappa shape index (κ3) is 2.22. The van der Waals surface area contributed by atoms with E-state index < -0.39 is 0 Å². The highest BCUT2D eigenvalue weighted by atomic mass is 16.1. The minimum absolute atomic E-state index is 0.238. The van der Waals surface area contributed by atoms with Crippen molar-refractivity contribution in [3.63, 3.8) is 0 Å². The summed E-state index contributed by atoms with van der Waals surface area (Å²) >= 11 is 0. The standard InChI is InChI=1S/C13H18O/c1-4-10-7-8-12(13(14)6-3)9-11(10)5-2/h7-9H,4-6H2,1-3H3. The fraction of sp³-hybridized carbons (Fsp3) is 0.462. The van der Waals surface area contributed by atoms with E-state index in [0.29, 0.717) is 6.42 Å². The topological polar surface area (TPSA) is 17.1 Å². The maximum Gasteiger partial charge on any atom is 0.162 e. The van der Waals surface area contributed by atoms with E-state index in [2.05, 4.69) is 19.9 Å². The lowest BCUT2D eigenvalue weighted by Crippen LogP contribution is -2.00. The largest absolute Gasteiger partial charge is 0.294 e. The summed E-state index contributed by atoms with van der Waals surface area (Å²) in [6, 6.07) is 6.08. The number of ketones is 1. The molecule has 0 amide bonds. The molecule has 0 saturated carbocycles. The summed E-state index contributed by atoms with van der Waals surface area (Å²) in [5.41, 5.74) is 3.54. The molecule has 1 aromatic carbocycles. The van der Waals surface area contributed by atoms with Gasteiger partial charge in [0, 0.05) is 12.0 Å². The third-order valence-corrected chi connectivity index (χ3v) is 2.61. The Morgan fingerprint density at radius 3 is 2.21 bits per heavy atom. The molecule has 0 bridgehead atoms. The summed E-state index contributed by atoms with van der Waals surface area (Å²) in [6.07, 6.45) is 2.65. The van der Waals surface area contributed by atoms with Gasteiger partial charge >= 0.3 is 0 Å². The van der Waals surface area contributed by atoms with Crippen molar-refractivity contribution >= 4 is 5.78 Å². The second-order valence-corrected chi connectivity index (χ2v) is 3.47. The summed E-state index contributed by atoms with van der Waals surface area (Å²) < 4.78 is 0. The van der Waals surface area contributed by atoms with Gasteiger partial charge in [0.15, 0.2) is 5.78 Å². The Morgan fingerprint density at radius 2 is 1.71 bits per heavy atom. The average molecular weight is 190 g/mol. The van der Waals surface area contributed by atoms with Gasteiger partial charge < -0.3 is 0 Å². The maximum atomic E-state index is 11.5. The first-order valence-electron chi connectivity index (χ1n) is 5.37. The fourth-order valence-electron chi connectivity index (χ4n) is 1.68. The third-order valence-electron chi connectivity index (χ3n) is 2.61. The summed E-state index contributed by atoms with van der Waals surface area (Å²) in [5.74, 6) is 0.238. The Hall–Kier alpha value is -1.11. The predicted octanol–water partition coefficient (Wildman–Crippen LogP) is 3.40. The molecule has 0 unspecified atom stereocenters. The predicted molar refractivity (Wildman–Crippen MR) is 59.8 cm³/mol. The van der Waals surface area contributed by atoms with Crippen LogP contribution in [0.1, 0.15) is 48.7 Å². The summed E-state index contributed by atoms with van der Waals surface area (Å²) in [4.78, 5) is 11.5. The van der Waals surface area contributed by atoms with Crippen LogP contribution >= 0.6 is 0 Å². The molecule has 0 aromatic heterocycles. The molecule has 0 heterocycles. The van der Waals surface area contributed by atoms with Gasteiger partial charge in [0.1, 0.15) is 0 Å². The van der Waals surface area contributed by atoms with Gasteiger partial charge in [0.05, 0.1) is 0 Å². The average Bonchev–Trinajstić information content (AvgIpc) is 2.26. The summed E-state index contributed by atoms with van der Waals surface area (Å²) in [5, 5.41) is 0. The van der Waals surface area contributed by atoms with Gasteiger partial charge in [-0.15, -0.1) is 0 Å². The SMILES string of the molecule is CCC(=O)c1ccc(CC)c(CC)c1. The zero-order chi connectivity index (χ0) is 10.6. The first kappa shape index (κ1) is 11.0. The Bertz CT molecular complexity index is 326. The minimum Gasteiger partial charge on any atom is -0.294 e. The number of hydrogen-bond acceptors (Lipinski definition) is 1. The van der Waals surface area contributed by atoms with Crippen molar-refractivity contribution in [2.45, 2.75) is 40.0 Å². The van der Waals surface area contributed by atoms with Gasteiger partial charge in [-0.25, -0.2) is 0 Å². The zero-order valence-electron chi connectivity index (χ0n) is 9.26. The molecule has 0 aliphatic carbocycles. The van der Waals surface area contributed by atoms with E-state index in [1.165, 1.54) is 11.1 Å². The molecule has 1 heteroatoms. The van der Waals surface area contributed by atoms with Crippen LogP contribution in [0.15, 0.2) is 18.2 Å². The van der Waals surface area contributed by atoms with Gasteiger partial charge in [-0.1, -0.05) is 32.9 Å². The monoisotopic (exact) mass is 190 g/mol. The molecule has 0 spiro atoms. The number of hydrogen-bond donors (Lipinski definition) is 0. The molecule has 1 rings (SSSR count). The molecule has 0 radical (unpaired) electrons. The van der Waals surface area contributed by atoms with Crippen molar-refractivity contribution in [2.24, 2.45) is 0 Å². The molecule has 14 heavy (non-hydrogen) atoms.